The van der Waals surface area contributed by atoms with Crippen molar-refractivity contribution in [2.45, 2.75) is 18.9 Å². The molecule has 0 aliphatic carbocycles. The van der Waals surface area contributed by atoms with E-state index in [1.165, 1.54) is 0 Å². The van der Waals surface area contributed by atoms with E-state index in [0.717, 1.165) is 11.3 Å². The standard InChI is InChI=1S/C17H22N2O3/c1-4-11-18-17(21)14-9-10-15(20)19(2)16(14)12-5-7-13(22-3)8-6-12/h4-8,14,16H,1,9-11H2,2-3H3,(H,18,21)/t14-,16+/m1/s1. The zero-order chi connectivity index (χ0) is 16.1. The van der Waals surface area contributed by atoms with Crippen molar-refractivity contribution >= 4 is 11.8 Å². The first-order valence-electron chi connectivity index (χ1n) is 7.36. The summed E-state index contributed by atoms with van der Waals surface area (Å²) in [7, 11) is 3.36. The van der Waals surface area contributed by atoms with Crippen LogP contribution in [0.3, 0.4) is 0 Å². The molecule has 0 aromatic heterocycles. The number of carbonyl (C=O) groups excluding carboxylic acids is 2. The third-order valence-corrected chi connectivity index (χ3v) is 4.08. The number of nitrogens with one attached hydrogen (secondary N) is 1. The summed E-state index contributed by atoms with van der Waals surface area (Å²) in [6.07, 6.45) is 2.61. The van der Waals surface area contributed by atoms with Gasteiger partial charge in [0, 0.05) is 20.0 Å². The first-order chi connectivity index (χ1) is 10.6. The number of amides is 2. The third-order valence-electron chi connectivity index (χ3n) is 4.08. The van der Waals surface area contributed by atoms with Crippen LogP contribution in [-0.4, -0.2) is 37.4 Å². The Morgan fingerprint density at radius 3 is 2.73 bits per heavy atom. The Morgan fingerprint density at radius 2 is 2.14 bits per heavy atom. The van der Waals surface area contributed by atoms with Gasteiger partial charge in [-0.25, -0.2) is 0 Å². The van der Waals surface area contributed by atoms with E-state index in [1.54, 1.807) is 25.1 Å². The number of nitrogens with zero attached hydrogens (tertiary/aromatic N) is 1. The number of methoxy groups -OCH3 is 1. The average Bonchev–Trinajstić information content (AvgIpc) is 2.55. The Balaban J connectivity index is 2.28. The fraction of sp³-hybridized carbons (Fsp3) is 0.412. The minimum Gasteiger partial charge on any atom is -0.497 e. The van der Waals surface area contributed by atoms with Gasteiger partial charge in [0.25, 0.3) is 0 Å². The van der Waals surface area contributed by atoms with E-state index in [2.05, 4.69) is 11.9 Å². The van der Waals surface area contributed by atoms with E-state index in [-0.39, 0.29) is 23.8 Å². The number of piperidine rings is 1. The van der Waals surface area contributed by atoms with Gasteiger partial charge in [-0.15, -0.1) is 6.58 Å². The van der Waals surface area contributed by atoms with Gasteiger partial charge in [0.05, 0.1) is 19.1 Å². The third kappa shape index (κ3) is 3.30. The second-order valence-corrected chi connectivity index (χ2v) is 5.40. The van der Waals surface area contributed by atoms with Gasteiger partial charge in [-0.3, -0.25) is 9.59 Å². The Labute approximate surface area is 130 Å². The molecule has 5 nitrogen and oxygen atoms in total. The van der Waals surface area contributed by atoms with E-state index < -0.39 is 0 Å². The summed E-state index contributed by atoms with van der Waals surface area (Å²) in [4.78, 5) is 26.1. The van der Waals surface area contributed by atoms with Gasteiger partial charge < -0.3 is 15.0 Å². The van der Waals surface area contributed by atoms with Crippen LogP contribution in [0.25, 0.3) is 0 Å². The molecular formula is C17H22N2O3. The monoisotopic (exact) mass is 302 g/mol. The molecule has 1 fully saturated rings. The minimum atomic E-state index is -0.254. The van der Waals surface area contributed by atoms with E-state index >= 15 is 0 Å². The van der Waals surface area contributed by atoms with Crippen LogP contribution < -0.4 is 10.1 Å². The van der Waals surface area contributed by atoms with Crippen LogP contribution in [0.4, 0.5) is 0 Å². The van der Waals surface area contributed by atoms with Crippen molar-refractivity contribution in [2.75, 3.05) is 20.7 Å². The number of ether oxygens (including phenoxy) is 1. The fourth-order valence-electron chi connectivity index (χ4n) is 2.87. The molecule has 2 rings (SSSR count). The fourth-order valence-corrected chi connectivity index (χ4v) is 2.87. The van der Waals surface area contributed by atoms with Gasteiger partial charge >= 0.3 is 0 Å². The zero-order valence-electron chi connectivity index (χ0n) is 13.0. The molecule has 118 valence electrons. The number of hydrogen-bond donors (Lipinski definition) is 1. The largest absolute Gasteiger partial charge is 0.497 e. The van der Waals surface area contributed by atoms with Crippen LogP contribution in [-0.2, 0) is 9.59 Å². The summed E-state index contributed by atoms with van der Waals surface area (Å²) in [5.74, 6) is 0.519. The molecule has 5 heteroatoms. The summed E-state index contributed by atoms with van der Waals surface area (Å²) in [6.45, 7) is 4.04. The molecule has 0 spiro atoms. The summed E-state index contributed by atoms with van der Waals surface area (Å²) in [6, 6.07) is 7.26. The van der Waals surface area contributed by atoms with Crippen molar-refractivity contribution in [1.29, 1.82) is 0 Å². The molecule has 1 aliphatic rings. The summed E-state index contributed by atoms with van der Waals surface area (Å²) < 4.78 is 5.16. The Bertz CT molecular complexity index is 554. The molecular weight excluding hydrogens is 280 g/mol. The first kappa shape index (κ1) is 16.1. The van der Waals surface area contributed by atoms with E-state index in [9.17, 15) is 9.59 Å². The van der Waals surface area contributed by atoms with Crippen molar-refractivity contribution in [3.8, 4) is 5.75 Å². The summed E-state index contributed by atoms with van der Waals surface area (Å²) >= 11 is 0. The summed E-state index contributed by atoms with van der Waals surface area (Å²) in [5.41, 5.74) is 0.940. The number of rotatable bonds is 5. The van der Waals surface area contributed by atoms with Gasteiger partial charge in [0.15, 0.2) is 0 Å². The van der Waals surface area contributed by atoms with Gasteiger partial charge in [0.1, 0.15) is 5.75 Å². The van der Waals surface area contributed by atoms with Gasteiger partial charge in [-0.2, -0.15) is 0 Å². The van der Waals surface area contributed by atoms with E-state index in [0.29, 0.717) is 19.4 Å². The maximum atomic E-state index is 12.4. The molecule has 1 N–H and O–H groups in total. The lowest BCUT2D eigenvalue weighted by atomic mass is 9.84. The van der Waals surface area contributed by atoms with Crippen LogP contribution >= 0.6 is 0 Å². The Hall–Kier alpha value is -2.30. The molecule has 1 heterocycles. The van der Waals surface area contributed by atoms with Crippen molar-refractivity contribution in [1.82, 2.24) is 10.2 Å². The van der Waals surface area contributed by atoms with Crippen molar-refractivity contribution < 1.29 is 14.3 Å². The minimum absolute atomic E-state index is 0.0416. The molecule has 1 aromatic carbocycles. The normalized spacial score (nSPS) is 21.4. The highest BCUT2D eigenvalue weighted by Gasteiger charge is 2.38. The zero-order valence-corrected chi connectivity index (χ0v) is 13.0. The van der Waals surface area contributed by atoms with Gasteiger partial charge in [-0.05, 0) is 24.1 Å². The number of hydrogen-bond acceptors (Lipinski definition) is 3. The van der Waals surface area contributed by atoms with Crippen LogP contribution in [0.15, 0.2) is 36.9 Å². The van der Waals surface area contributed by atoms with Gasteiger partial charge in [-0.1, -0.05) is 18.2 Å². The highest BCUT2D eigenvalue weighted by Crippen LogP contribution is 2.36. The van der Waals surface area contributed by atoms with Crippen molar-refractivity contribution in [3.63, 3.8) is 0 Å². The molecule has 1 saturated heterocycles. The van der Waals surface area contributed by atoms with Crippen LogP contribution in [0.1, 0.15) is 24.4 Å². The second-order valence-electron chi connectivity index (χ2n) is 5.40. The Kier molecular flexibility index (Phi) is 5.20. The predicted octanol–water partition coefficient (Wildman–Crippen LogP) is 1.91. The molecule has 1 aromatic rings. The molecule has 2 atom stereocenters. The predicted molar refractivity (Wildman–Crippen MR) is 84.4 cm³/mol. The lowest BCUT2D eigenvalue weighted by Crippen LogP contribution is -2.46. The molecule has 22 heavy (non-hydrogen) atoms. The lowest BCUT2D eigenvalue weighted by Gasteiger charge is -2.38. The topological polar surface area (TPSA) is 58.6 Å². The number of carbonyl (C=O) groups is 2. The average molecular weight is 302 g/mol. The van der Waals surface area contributed by atoms with E-state index in [1.807, 2.05) is 24.3 Å². The van der Waals surface area contributed by atoms with E-state index in [4.69, 9.17) is 4.74 Å². The molecule has 0 unspecified atom stereocenters. The maximum Gasteiger partial charge on any atom is 0.225 e. The van der Waals surface area contributed by atoms with Gasteiger partial charge in [0.2, 0.25) is 11.8 Å². The number of likely N-dealkylation sites (tertiary alicyclic amines) is 1. The van der Waals surface area contributed by atoms with Crippen LogP contribution in [0.5, 0.6) is 5.75 Å². The highest BCUT2D eigenvalue weighted by atomic mass is 16.5. The second kappa shape index (κ2) is 7.11. The first-order valence-corrected chi connectivity index (χ1v) is 7.36. The van der Waals surface area contributed by atoms with Crippen LogP contribution in [0, 0.1) is 5.92 Å². The van der Waals surface area contributed by atoms with Crippen molar-refractivity contribution in [3.05, 3.63) is 42.5 Å². The van der Waals surface area contributed by atoms with Crippen molar-refractivity contribution in [2.24, 2.45) is 5.92 Å². The van der Waals surface area contributed by atoms with Crippen LogP contribution in [0.2, 0.25) is 0 Å². The molecule has 0 saturated carbocycles. The molecule has 1 aliphatic heterocycles. The Morgan fingerprint density at radius 1 is 1.45 bits per heavy atom. The number of benzene rings is 1. The highest BCUT2D eigenvalue weighted by molar-refractivity contribution is 5.85. The molecule has 0 radical (unpaired) electrons. The lowest BCUT2D eigenvalue weighted by molar-refractivity contribution is -0.141. The molecule has 2 amide bonds. The molecule has 0 bridgehead atoms. The maximum absolute atomic E-state index is 12.4. The smallest absolute Gasteiger partial charge is 0.225 e. The quantitative estimate of drug-likeness (QED) is 0.845. The SMILES string of the molecule is C=CCNC(=O)[C@@H]1CCC(=O)N(C)[C@H]1c1ccc(OC)cc1. The summed E-state index contributed by atoms with van der Waals surface area (Å²) in [5, 5.41) is 2.84.